The van der Waals surface area contributed by atoms with Gasteiger partial charge in [0.2, 0.25) is 0 Å². The van der Waals surface area contributed by atoms with Crippen LogP contribution in [0.25, 0.3) is 11.4 Å². The van der Waals surface area contributed by atoms with Gasteiger partial charge in [-0.15, -0.1) is 12.6 Å². The second-order valence-corrected chi connectivity index (χ2v) is 3.00. The summed E-state index contributed by atoms with van der Waals surface area (Å²) in [6, 6.07) is 7.87. The number of nitrogens with one attached hydrogen (secondary N) is 1. The number of H-pyrrole nitrogens is 1. The Hall–Kier alpha value is -1.22. The Morgan fingerprint density at radius 1 is 1.17 bits per heavy atom. The quantitative estimate of drug-likeness (QED) is 0.642. The van der Waals surface area contributed by atoms with E-state index >= 15 is 0 Å². The van der Waals surface area contributed by atoms with Gasteiger partial charge in [0.1, 0.15) is 5.82 Å². The molecule has 2 rings (SSSR count). The maximum absolute atomic E-state index is 4.20. The van der Waals surface area contributed by atoms with Gasteiger partial charge in [-0.25, -0.2) is 4.98 Å². The number of hydrogen-bond acceptors (Lipinski definition) is 2. The van der Waals surface area contributed by atoms with Crippen LogP contribution >= 0.6 is 12.6 Å². The maximum Gasteiger partial charge on any atom is 0.137 e. The molecule has 12 heavy (non-hydrogen) atoms. The minimum absolute atomic E-state index is 0.892. The summed E-state index contributed by atoms with van der Waals surface area (Å²) in [6.07, 6.45) is 3.55. The molecule has 0 saturated heterocycles. The van der Waals surface area contributed by atoms with Crippen molar-refractivity contribution in [3.63, 3.8) is 0 Å². The second-order valence-electron chi connectivity index (χ2n) is 2.48. The maximum atomic E-state index is 4.20. The van der Waals surface area contributed by atoms with Gasteiger partial charge in [0.05, 0.1) is 0 Å². The van der Waals surface area contributed by atoms with Gasteiger partial charge in [0.25, 0.3) is 0 Å². The second kappa shape index (κ2) is 3.03. The lowest BCUT2D eigenvalue weighted by molar-refractivity contribution is 1.30. The summed E-state index contributed by atoms with van der Waals surface area (Å²) in [7, 11) is 0. The van der Waals surface area contributed by atoms with E-state index in [1.54, 1.807) is 6.20 Å². The smallest absolute Gasteiger partial charge is 0.137 e. The third-order valence-corrected chi connectivity index (χ3v) is 1.94. The molecule has 1 aromatic heterocycles. The van der Waals surface area contributed by atoms with Crippen LogP contribution in [0, 0.1) is 0 Å². The van der Waals surface area contributed by atoms with Crippen molar-refractivity contribution in [2.45, 2.75) is 4.90 Å². The minimum Gasteiger partial charge on any atom is -0.345 e. The molecule has 2 aromatic rings. The Morgan fingerprint density at radius 2 is 1.92 bits per heavy atom. The van der Waals surface area contributed by atoms with Crippen molar-refractivity contribution >= 4 is 12.6 Å². The highest BCUT2D eigenvalue weighted by molar-refractivity contribution is 7.80. The fraction of sp³-hybridized carbons (Fsp3) is 0. The van der Waals surface area contributed by atoms with Gasteiger partial charge in [-0.05, 0) is 12.1 Å². The summed E-state index contributed by atoms with van der Waals surface area (Å²) in [6.45, 7) is 0. The van der Waals surface area contributed by atoms with Gasteiger partial charge < -0.3 is 4.98 Å². The van der Waals surface area contributed by atoms with Gasteiger partial charge in [0, 0.05) is 22.9 Å². The number of nitrogens with zero attached hydrogens (tertiary/aromatic N) is 1. The predicted molar refractivity (Wildman–Crippen MR) is 51.3 cm³/mol. The van der Waals surface area contributed by atoms with Crippen LogP contribution in [0.15, 0.2) is 41.6 Å². The molecule has 0 aliphatic heterocycles. The molecule has 0 saturated carbocycles. The zero-order valence-electron chi connectivity index (χ0n) is 6.36. The fourth-order valence-electron chi connectivity index (χ4n) is 1.04. The van der Waals surface area contributed by atoms with Gasteiger partial charge in [-0.3, -0.25) is 0 Å². The lowest BCUT2D eigenvalue weighted by atomic mass is 10.2. The number of aromatic nitrogens is 2. The zero-order valence-corrected chi connectivity index (χ0v) is 7.25. The highest BCUT2D eigenvalue weighted by Gasteiger charge is 1.96. The molecule has 3 heteroatoms. The lowest BCUT2D eigenvalue weighted by Crippen LogP contribution is -1.78. The summed E-state index contributed by atoms with van der Waals surface area (Å²) in [4.78, 5) is 8.14. The molecular formula is C9H8N2S. The van der Waals surface area contributed by atoms with E-state index in [1.807, 2.05) is 30.5 Å². The van der Waals surface area contributed by atoms with E-state index in [-0.39, 0.29) is 0 Å². The van der Waals surface area contributed by atoms with E-state index in [0.29, 0.717) is 0 Å². The molecule has 0 spiro atoms. The van der Waals surface area contributed by atoms with Crippen molar-refractivity contribution in [2.24, 2.45) is 0 Å². The number of rotatable bonds is 1. The van der Waals surface area contributed by atoms with Crippen LogP contribution in [0.3, 0.4) is 0 Å². The summed E-state index contributed by atoms with van der Waals surface area (Å²) < 4.78 is 0. The highest BCUT2D eigenvalue weighted by Crippen LogP contribution is 2.16. The summed E-state index contributed by atoms with van der Waals surface area (Å²) in [5.74, 6) is 0.892. The zero-order chi connectivity index (χ0) is 8.39. The van der Waals surface area contributed by atoms with E-state index in [9.17, 15) is 0 Å². The van der Waals surface area contributed by atoms with E-state index in [1.165, 1.54) is 0 Å². The first-order valence-corrected chi connectivity index (χ1v) is 4.10. The van der Waals surface area contributed by atoms with Gasteiger partial charge >= 0.3 is 0 Å². The molecule has 1 aromatic carbocycles. The minimum atomic E-state index is 0.892. The molecule has 60 valence electrons. The first-order valence-electron chi connectivity index (χ1n) is 3.65. The van der Waals surface area contributed by atoms with Crippen LogP contribution in [-0.4, -0.2) is 9.97 Å². The van der Waals surface area contributed by atoms with Crippen LogP contribution in [0.1, 0.15) is 0 Å². The lowest BCUT2D eigenvalue weighted by Gasteiger charge is -1.95. The van der Waals surface area contributed by atoms with Crippen molar-refractivity contribution in [2.75, 3.05) is 0 Å². The highest BCUT2D eigenvalue weighted by atomic mass is 32.1. The van der Waals surface area contributed by atoms with E-state index in [2.05, 4.69) is 22.6 Å². The molecule has 0 bridgehead atoms. The summed E-state index contributed by atoms with van der Waals surface area (Å²) >= 11 is 4.20. The molecule has 1 N–H and O–H groups in total. The van der Waals surface area contributed by atoms with Crippen molar-refractivity contribution in [1.82, 2.24) is 9.97 Å². The molecule has 0 fully saturated rings. The van der Waals surface area contributed by atoms with Crippen LogP contribution in [-0.2, 0) is 0 Å². The average molecular weight is 176 g/mol. The summed E-state index contributed by atoms with van der Waals surface area (Å²) in [5.41, 5.74) is 1.08. The number of aromatic amines is 1. The normalized spacial score (nSPS) is 10.1. The molecule has 0 unspecified atom stereocenters. The van der Waals surface area contributed by atoms with Crippen molar-refractivity contribution < 1.29 is 0 Å². The molecular weight excluding hydrogens is 168 g/mol. The van der Waals surface area contributed by atoms with E-state index in [4.69, 9.17) is 0 Å². The molecule has 0 radical (unpaired) electrons. The van der Waals surface area contributed by atoms with Crippen molar-refractivity contribution in [3.8, 4) is 11.4 Å². The Morgan fingerprint density at radius 3 is 2.50 bits per heavy atom. The number of benzene rings is 1. The molecule has 1 heterocycles. The number of thiol groups is 1. The van der Waals surface area contributed by atoms with Gasteiger partial charge in [-0.2, -0.15) is 0 Å². The monoisotopic (exact) mass is 176 g/mol. The summed E-state index contributed by atoms with van der Waals surface area (Å²) in [5, 5.41) is 0. The van der Waals surface area contributed by atoms with E-state index in [0.717, 1.165) is 16.3 Å². The Labute approximate surface area is 76.1 Å². The molecule has 0 amide bonds. The van der Waals surface area contributed by atoms with Crippen molar-refractivity contribution in [3.05, 3.63) is 36.7 Å². The predicted octanol–water partition coefficient (Wildman–Crippen LogP) is 2.37. The first-order chi connectivity index (χ1) is 5.86. The number of hydrogen-bond donors (Lipinski definition) is 2. The third kappa shape index (κ3) is 1.36. The van der Waals surface area contributed by atoms with Gasteiger partial charge in [-0.1, -0.05) is 12.1 Å². The van der Waals surface area contributed by atoms with E-state index < -0.39 is 0 Å². The van der Waals surface area contributed by atoms with Crippen LogP contribution < -0.4 is 0 Å². The Bertz CT molecular complexity index is 351. The third-order valence-electron chi connectivity index (χ3n) is 1.64. The first kappa shape index (κ1) is 7.43. The standard InChI is InChI=1S/C9H8N2S/c12-8-3-1-7(2-4-8)9-10-5-6-11-9/h1-6,12H,(H,10,11). The topological polar surface area (TPSA) is 28.7 Å². The largest absolute Gasteiger partial charge is 0.345 e. The molecule has 2 nitrogen and oxygen atoms in total. The Balaban J connectivity index is 2.43. The SMILES string of the molecule is Sc1ccc(-c2ncc[nH]2)cc1. The van der Waals surface area contributed by atoms with Crippen LogP contribution in [0.5, 0.6) is 0 Å². The van der Waals surface area contributed by atoms with Crippen LogP contribution in [0.2, 0.25) is 0 Å². The number of imidazole rings is 1. The molecule has 0 aliphatic rings. The average Bonchev–Trinajstić information content (AvgIpc) is 2.58. The fourth-order valence-corrected chi connectivity index (χ4v) is 1.19. The van der Waals surface area contributed by atoms with Crippen molar-refractivity contribution in [1.29, 1.82) is 0 Å². The van der Waals surface area contributed by atoms with Crippen LogP contribution in [0.4, 0.5) is 0 Å². The molecule has 0 aliphatic carbocycles. The Kier molecular flexibility index (Phi) is 1.87. The van der Waals surface area contributed by atoms with Gasteiger partial charge in [0.15, 0.2) is 0 Å². The molecule has 0 atom stereocenters.